The van der Waals surface area contributed by atoms with Crippen LogP contribution in [0.15, 0.2) is 36.4 Å². The molecule has 0 spiro atoms. The molecule has 3 rings (SSSR count). The van der Waals surface area contributed by atoms with Gasteiger partial charge in [-0.1, -0.05) is 30.3 Å². The molecule has 0 bridgehead atoms. The van der Waals surface area contributed by atoms with Crippen LogP contribution >= 0.6 is 0 Å². The summed E-state index contributed by atoms with van der Waals surface area (Å²) in [6.45, 7) is 3.34. The monoisotopic (exact) mass is 371 g/mol. The Balaban J connectivity index is 1.61. The smallest absolute Gasteiger partial charge is 0.359 e. The van der Waals surface area contributed by atoms with Crippen molar-refractivity contribution in [3.05, 3.63) is 53.3 Å². The summed E-state index contributed by atoms with van der Waals surface area (Å²) in [5, 5.41) is 4.18. The minimum Gasteiger partial charge on any atom is -0.466 e. The van der Waals surface area contributed by atoms with Gasteiger partial charge >= 0.3 is 11.9 Å². The third-order valence-corrected chi connectivity index (χ3v) is 4.18. The van der Waals surface area contributed by atoms with Crippen LogP contribution < -0.4 is 0 Å². The van der Waals surface area contributed by atoms with Crippen LogP contribution in [-0.4, -0.2) is 52.2 Å². The summed E-state index contributed by atoms with van der Waals surface area (Å²) in [5.74, 6) is -1.18. The lowest BCUT2D eigenvalue weighted by atomic mass is 10.2. The first-order valence-corrected chi connectivity index (χ1v) is 8.82. The maximum Gasteiger partial charge on any atom is 0.359 e. The molecule has 0 saturated heterocycles. The lowest BCUT2D eigenvalue weighted by molar-refractivity contribution is -0.143. The van der Waals surface area contributed by atoms with Crippen molar-refractivity contribution in [2.24, 2.45) is 0 Å². The number of esters is 2. The zero-order valence-electron chi connectivity index (χ0n) is 15.1. The molecule has 0 N–H and O–H groups in total. The van der Waals surface area contributed by atoms with Crippen molar-refractivity contribution in [1.29, 1.82) is 0 Å². The minimum absolute atomic E-state index is 0.0986. The van der Waals surface area contributed by atoms with Crippen molar-refractivity contribution >= 4 is 17.8 Å². The molecule has 8 heteroatoms. The maximum absolute atomic E-state index is 12.6. The van der Waals surface area contributed by atoms with E-state index in [-0.39, 0.29) is 37.1 Å². The van der Waals surface area contributed by atoms with Crippen LogP contribution in [0.3, 0.4) is 0 Å². The molecule has 1 aliphatic rings. The van der Waals surface area contributed by atoms with E-state index in [9.17, 15) is 14.4 Å². The van der Waals surface area contributed by atoms with Gasteiger partial charge in [-0.25, -0.2) is 4.79 Å². The van der Waals surface area contributed by atoms with Crippen LogP contribution in [-0.2, 0) is 27.4 Å². The van der Waals surface area contributed by atoms with Crippen LogP contribution in [0.5, 0.6) is 0 Å². The predicted molar refractivity (Wildman–Crippen MR) is 94.9 cm³/mol. The topological polar surface area (TPSA) is 90.7 Å². The Morgan fingerprint density at radius 3 is 2.67 bits per heavy atom. The zero-order chi connectivity index (χ0) is 19.2. The molecule has 2 aromatic rings. The van der Waals surface area contributed by atoms with E-state index < -0.39 is 5.97 Å². The predicted octanol–water partition coefficient (Wildman–Crippen LogP) is 1.65. The van der Waals surface area contributed by atoms with Crippen molar-refractivity contribution < 1.29 is 23.9 Å². The lowest BCUT2D eigenvalue weighted by Gasteiger charge is -2.26. The Bertz CT molecular complexity index is 831. The second kappa shape index (κ2) is 8.48. The molecule has 0 unspecified atom stereocenters. The summed E-state index contributed by atoms with van der Waals surface area (Å²) < 4.78 is 11.6. The minimum atomic E-state index is -0.577. The molecule has 8 nitrogen and oxygen atoms in total. The maximum atomic E-state index is 12.6. The number of aromatic nitrogens is 2. The number of carbonyl (C=O) groups excluding carboxylic acids is 3. The Morgan fingerprint density at radius 2 is 1.93 bits per heavy atom. The molecule has 0 radical (unpaired) electrons. The Morgan fingerprint density at radius 1 is 1.15 bits per heavy atom. The van der Waals surface area contributed by atoms with Gasteiger partial charge in [0.15, 0.2) is 5.69 Å². The van der Waals surface area contributed by atoms with Gasteiger partial charge in [-0.15, -0.1) is 0 Å². The van der Waals surface area contributed by atoms with Crippen molar-refractivity contribution in [2.45, 2.75) is 26.5 Å². The normalized spacial score (nSPS) is 13.2. The SMILES string of the molecule is CCOC(=O)CCN1CCn2nc(C(=O)OCc3ccccc3)cc2C1=O. The molecular formula is C19H21N3O5. The fourth-order valence-electron chi connectivity index (χ4n) is 2.81. The second-order valence-corrected chi connectivity index (χ2v) is 6.05. The van der Waals surface area contributed by atoms with Crippen molar-refractivity contribution in [3.8, 4) is 0 Å². The van der Waals surface area contributed by atoms with Crippen LogP contribution in [0.4, 0.5) is 0 Å². The fraction of sp³-hybridized carbons (Fsp3) is 0.368. The van der Waals surface area contributed by atoms with Crippen molar-refractivity contribution in [3.63, 3.8) is 0 Å². The Labute approximate surface area is 156 Å². The second-order valence-electron chi connectivity index (χ2n) is 6.05. The number of rotatable bonds is 7. The molecule has 0 aliphatic carbocycles. The van der Waals surface area contributed by atoms with Crippen molar-refractivity contribution in [1.82, 2.24) is 14.7 Å². The highest BCUT2D eigenvalue weighted by atomic mass is 16.5. The van der Waals surface area contributed by atoms with Crippen LogP contribution in [0.25, 0.3) is 0 Å². The largest absolute Gasteiger partial charge is 0.466 e. The first kappa shape index (κ1) is 18.6. The first-order valence-electron chi connectivity index (χ1n) is 8.82. The van der Waals surface area contributed by atoms with E-state index >= 15 is 0 Å². The summed E-state index contributed by atoms with van der Waals surface area (Å²) in [6.07, 6.45) is 0.139. The van der Waals surface area contributed by atoms with E-state index in [4.69, 9.17) is 9.47 Å². The molecule has 1 aliphatic heterocycles. The van der Waals surface area contributed by atoms with Crippen LogP contribution in [0.1, 0.15) is 39.9 Å². The van der Waals surface area contributed by atoms with E-state index in [0.29, 0.717) is 25.4 Å². The summed E-state index contributed by atoms with van der Waals surface area (Å²) in [6, 6.07) is 10.8. The van der Waals surface area contributed by atoms with Gasteiger partial charge in [0.2, 0.25) is 0 Å². The lowest BCUT2D eigenvalue weighted by Crippen LogP contribution is -2.41. The third-order valence-electron chi connectivity index (χ3n) is 4.18. The molecule has 1 aromatic carbocycles. The fourth-order valence-corrected chi connectivity index (χ4v) is 2.81. The molecule has 0 saturated carbocycles. The number of amides is 1. The molecule has 1 aromatic heterocycles. The summed E-state index contributed by atoms with van der Waals surface area (Å²) in [4.78, 5) is 37.8. The van der Waals surface area contributed by atoms with E-state index in [1.54, 1.807) is 11.8 Å². The molecule has 142 valence electrons. The van der Waals surface area contributed by atoms with E-state index in [1.807, 2.05) is 30.3 Å². The average Bonchev–Trinajstić information content (AvgIpc) is 3.12. The highest BCUT2D eigenvalue weighted by molar-refractivity contribution is 5.96. The third kappa shape index (κ3) is 4.52. The van der Waals surface area contributed by atoms with Gasteiger partial charge in [0.1, 0.15) is 12.3 Å². The molecular weight excluding hydrogens is 350 g/mol. The standard InChI is InChI=1S/C19H21N3O5/c1-2-26-17(23)8-9-21-10-11-22-16(18(21)24)12-15(20-22)19(25)27-13-14-6-4-3-5-7-14/h3-7,12H,2,8-11,13H2,1H3. The van der Waals surface area contributed by atoms with Crippen LogP contribution in [0, 0.1) is 0 Å². The van der Waals surface area contributed by atoms with Gasteiger partial charge in [0.05, 0.1) is 19.6 Å². The molecule has 0 fully saturated rings. The zero-order valence-corrected chi connectivity index (χ0v) is 15.1. The number of ether oxygens (including phenoxy) is 2. The molecule has 2 heterocycles. The number of hydrogen-bond acceptors (Lipinski definition) is 6. The van der Waals surface area contributed by atoms with E-state index in [1.165, 1.54) is 10.7 Å². The number of nitrogens with zero attached hydrogens (tertiary/aromatic N) is 3. The van der Waals surface area contributed by atoms with E-state index in [2.05, 4.69) is 5.10 Å². The number of carbonyl (C=O) groups is 3. The molecule has 0 atom stereocenters. The van der Waals surface area contributed by atoms with Gasteiger partial charge in [-0.2, -0.15) is 5.10 Å². The average molecular weight is 371 g/mol. The van der Waals surface area contributed by atoms with Gasteiger partial charge in [0.25, 0.3) is 5.91 Å². The van der Waals surface area contributed by atoms with Gasteiger partial charge in [-0.05, 0) is 12.5 Å². The molecule has 1 amide bonds. The van der Waals surface area contributed by atoms with Crippen LogP contribution in [0.2, 0.25) is 0 Å². The van der Waals surface area contributed by atoms with E-state index in [0.717, 1.165) is 5.56 Å². The van der Waals surface area contributed by atoms with Gasteiger partial charge in [-0.3, -0.25) is 14.3 Å². The number of hydrogen-bond donors (Lipinski definition) is 0. The summed E-state index contributed by atoms with van der Waals surface area (Å²) in [7, 11) is 0. The molecule has 27 heavy (non-hydrogen) atoms. The Kier molecular flexibility index (Phi) is 5.85. The van der Waals surface area contributed by atoms with Gasteiger partial charge < -0.3 is 14.4 Å². The Hall–Kier alpha value is -3.16. The number of benzene rings is 1. The highest BCUT2D eigenvalue weighted by Crippen LogP contribution is 2.15. The summed E-state index contributed by atoms with van der Waals surface area (Å²) in [5.41, 5.74) is 1.29. The van der Waals surface area contributed by atoms with Gasteiger partial charge in [0, 0.05) is 19.2 Å². The highest BCUT2D eigenvalue weighted by Gasteiger charge is 2.28. The first-order chi connectivity index (χ1) is 13.1. The quantitative estimate of drug-likeness (QED) is 0.688. The number of fused-ring (bicyclic) bond motifs is 1. The van der Waals surface area contributed by atoms with Crippen molar-refractivity contribution in [2.75, 3.05) is 19.7 Å². The summed E-state index contributed by atoms with van der Waals surface area (Å²) >= 11 is 0.